The van der Waals surface area contributed by atoms with Crippen molar-refractivity contribution >= 4 is 5.78 Å². The van der Waals surface area contributed by atoms with Crippen molar-refractivity contribution in [2.75, 3.05) is 0 Å². The van der Waals surface area contributed by atoms with Gasteiger partial charge in [0.05, 0.1) is 0 Å². The number of carbonyl (C=O) groups is 1. The Kier molecular flexibility index (Phi) is 4.36. The van der Waals surface area contributed by atoms with Crippen LogP contribution in [0.2, 0.25) is 0 Å². The van der Waals surface area contributed by atoms with Crippen LogP contribution < -0.4 is 18.9 Å². The van der Waals surface area contributed by atoms with Gasteiger partial charge >= 0.3 is 18.9 Å². The molecule has 0 aromatic heterocycles. The van der Waals surface area contributed by atoms with Crippen LogP contribution in [0.3, 0.4) is 0 Å². The molecule has 2 heteroatoms. The van der Waals surface area contributed by atoms with E-state index >= 15 is 0 Å². The average molecular weight is 188 g/mol. The quantitative estimate of drug-likeness (QED) is 0.360. The second kappa shape index (κ2) is 5.55. The third-order valence-electron chi connectivity index (χ3n) is 1.99. The van der Waals surface area contributed by atoms with E-state index in [9.17, 15) is 4.79 Å². The minimum atomic E-state index is 0. The molecule has 15 heavy (non-hydrogen) atoms. The Balaban J connectivity index is 0.00000112. The van der Waals surface area contributed by atoms with Gasteiger partial charge in [0, 0.05) is 0 Å². The van der Waals surface area contributed by atoms with Gasteiger partial charge in [-0.3, -0.25) is 0 Å². The van der Waals surface area contributed by atoms with E-state index in [1.807, 2.05) is 42.5 Å². The molecular formula is C13H9LiO. The van der Waals surface area contributed by atoms with E-state index < -0.39 is 0 Å². The summed E-state index contributed by atoms with van der Waals surface area (Å²) in [5, 5.41) is 0. The summed E-state index contributed by atoms with van der Waals surface area (Å²) in [4.78, 5) is 11.8. The van der Waals surface area contributed by atoms with Gasteiger partial charge in [0.1, 0.15) is 5.78 Å². The van der Waals surface area contributed by atoms with Gasteiger partial charge in [0.25, 0.3) is 0 Å². The normalized spacial score (nSPS) is 9.07. The van der Waals surface area contributed by atoms with Crippen molar-refractivity contribution in [3.63, 3.8) is 0 Å². The minimum absolute atomic E-state index is 0. The molecule has 0 amide bonds. The molecule has 2 aromatic carbocycles. The van der Waals surface area contributed by atoms with Crippen LogP contribution in [0.5, 0.6) is 0 Å². The van der Waals surface area contributed by atoms with Crippen molar-refractivity contribution in [1.82, 2.24) is 0 Å². The third kappa shape index (κ3) is 2.83. The molecule has 0 spiro atoms. The van der Waals surface area contributed by atoms with Crippen molar-refractivity contribution in [3.8, 4) is 0 Å². The fraction of sp³-hybridized carbons (Fsp3) is 0. The summed E-state index contributed by atoms with van der Waals surface area (Å²) in [6.07, 6.45) is 0. The van der Waals surface area contributed by atoms with Crippen LogP contribution in [-0.2, 0) is 0 Å². The minimum Gasteiger partial charge on any atom is -0.346 e. The van der Waals surface area contributed by atoms with Crippen molar-refractivity contribution < 1.29 is 23.7 Å². The largest absolute Gasteiger partial charge is 1.00 e. The molecule has 0 saturated heterocycles. The molecule has 0 aliphatic rings. The van der Waals surface area contributed by atoms with Gasteiger partial charge in [0.2, 0.25) is 0 Å². The van der Waals surface area contributed by atoms with E-state index in [4.69, 9.17) is 0 Å². The van der Waals surface area contributed by atoms with Crippen LogP contribution >= 0.6 is 0 Å². The smallest absolute Gasteiger partial charge is 0.346 e. The molecule has 0 unspecified atom stereocenters. The Morgan fingerprint density at radius 1 is 0.933 bits per heavy atom. The van der Waals surface area contributed by atoms with Crippen LogP contribution in [0.1, 0.15) is 15.9 Å². The number of hydrogen-bond acceptors (Lipinski definition) is 1. The van der Waals surface area contributed by atoms with Crippen molar-refractivity contribution in [1.29, 1.82) is 0 Å². The molecule has 0 aliphatic heterocycles. The first kappa shape index (κ1) is 11.8. The summed E-state index contributed by atoms with van der Waals surface area (Å²) < 4.78 is 0. The Morgan fingerprint density at radius 3 is 2.20 bits per heavy atom. The molecule has 1 nitrogen and oxygen atoms in total. The summed E-state index contributed by atoms with van der Waals surface area (Å²) in [5.74, 6) is 0.0196. The molecule has 0 N–H and O–H groups in total. The molecule has 0 radical (unpaired) electrons. The molecule has 0 bridgehead atoms. The van der Waals surface area contributed by atoms with Crippen LogP contribution in [-0.4, -0.2) is 5.78 Å². The predicted octanol–water partition coefficient (Wildman–Crippen LogP) is -0.278. The van der Waals surface area contributed by atoms with Gasteiger partial charge in [-0.05, 0) is 5.56 Å². The van der Waals surface area contributed by atoms with Gasteiger partial charge in [-0.2, -0.15) is 0 Å². The second-order valence-electron chi connectivity index (χ2n) is 2.97. The summed E-state index contributed by atoms with van der Waals surface area (Å²) in [6.45, 7) is 0. The zero-order valence-electron chi connectivity index (χ0n) is 8.60. The number of rotatable bonds is 2. The number of benzene rings is 2. The maximum Gasteiger partial charge on any atom is 1.00 e. The van der Waals surface area contributed by atoms with Crippen LogP contribution in [0, 0.1) is 6.07 Å². The first-order valence-corrected chi connectivity index (χ1v) is 4.44. The molecule has 0 aliphatic carbocycles. The SMILES string of the molecule is O=C(c1[c-]cccc1)c1ccccc1.[Li+]. The Bertz CT molecular complexity index is 381. The zero-order chi connectivity index (χ0) is 9.80. The van der Waals surface area contributed by atoms with E-state index in [0.717, 1.165) is 0 Å². The summed E-state index contributed by atoms with van der Waals surface area (Å²) >= 11 is 0. The first-order valence-electron chi connectivity index (χ1n) is 4.44. The number of ketones is 1. The average Bonchev–Trinajstić information content (AvgIpc) is 2.30. The van der Waals surface area contributed by atoms with E-state index in [2.05, 4.69) is 6.07 Å². The van der Waals surface area contributed by atoms with E-state index in [1.165, 1.54) is 0 Å². The Morgan fingerprint density at radius 2 is 1.60 bits per heavy atom. The van der Waals surface area contributed by atoms with E-state index in [-0.39, 0.29) is 24.6 Å². The molecule has 68 valence electrons. The Labute approximate surface area is 101 Å². The van der Waals surface area contributed by atoms with Gasteiger partial charge in [-0.1, -0.05) is 30.3 Å². The fourth-order valence-corrected chi connectivity index (χ4v) is 1.28. The maximum atomic E-state index is 11.8. The second-order valence-corrected chi connectivity index (χ2v) is 2.97. The maximum absolute atomic E-state index is 11.8. The summed E-state index contributed by atoms with van der Waals surface area (Å²) in [6, 6.07) is 19.4. The van der Waals surface area contributed by atoms with Gasteiger partial charge in [-0.25, -0.2) is 0 Å². The van der Waals surface area contributed by atoms with Gasteiger partial charge in [-0.15, -0.1) is 35.9 Å². The molecule has 0 fully saturated rings. The molecule has 0 heterocycles. The third-order valence-corrected chi connectivity index (χ3v) is 1.99. The molecular weight excluding hydrogens is 179 g/mol. The standard InChI is InChI=1S/C13H9O.Li/c14-13(11-7-3-1-4-8-11)12-9-5-2-6-10-12;/h1-9H;/q-1;+1. The molecule has 0 atom stereocenters. The predicted molar refractivity (Wildman–Crippen MR) is 55.2 cm³/mol. The fourth-order valence-electron chi connectivity index (χ4n) is 1.28. The van der Waals surface area contributed by atoms with E-state index in [0.29, 0.717) is 11.1 Å². The molecule has 0 saturated carbocycles. The van der Waals surface area contributed by atoms with Crippen LogP contribution in [0.15, 0.2) is 54.6 Å². The first-order chi connectivity index (χ1) is 6.88. The number of carbonyl (C=O) groups excluding carboxylic acids is 1. The van der Waals surface area contributed by atoms with Crippen LogP contribution in [0.4, 0.5) is 0 Å². The van der Waals surface area contributed by atoms with Crippen molar-refractivity contribution in [2.45, 2.75) is 0 Å². The Hall–Kier alpha value is -1.29. The number of hydrogen-bond donors (Lipinski definition) is 0. The molecule has 2 rings (SSSR count). The zero-order valence-corrected chi connectivity index (χ0v) is 8.60. The summed E-state index contributed by atoms with van der Waals surface area (Å²) in [7, 11) is 0. The van der Waals surface area contributed by atoms with Crippen molar-refractivity contribution in [2.24, 2.45) is 0 Å². The van der Waals surface area contributed by atoms with Crippen LogP contribution in [0.25, 0.3) is 0 Å². The topological polar surface area (TPSA) is 17.1 Å². The monoisotopic (exact) mass is 188 g/mol. The van der Waals surface area contributed by atoms with Gasteiger partial charge < -0.3 is 4.79 Å². The van der Waals surface area contributed by atoms with Gasteiger partial charge in [0.15, 0.2) is 0 Å². The summed E-state index contributed by atoms with van der Waals surface area (Å²) in [5.41, 5.74) is 1.31. The molecule has 2 aromatic rings. The van der Waals surface area contributed by atoms with E-state index in [1.54, 1.807) is 12.1 Å². The van der Waals surface area contributed by atoms with Crippen molar-refractivity contribution in [3.05, 3.63) is 71.8 Å².